The molecule has 1 aliphatic rings. The van der Waals surface area contributed by atoms with Crippen molar-refractivity contribution in [1.29, 1.82) is 0 Å². The lowest BCUT2D eigenvalue weighted by atomic mass is 9.88. The standard InChI is InChI=1S/C19H23N3O2/c20-18-8-4-7-16(21-18)19(24)22-11-9-15(10-12-22)17(23)13-14-5-2-1-3-6-14/h1-8,15,17,23H,9-13H2,(H2,20,21)/t17-/m0/s1. The summed E-state index contributed by atoms with van der Waals surface area (Å²) in [4.78, 5) is 18.4. The summed E-state index contributed by atoms with van der Waals surface area (Å²) < 4.78 is 0. The number of piperidine rings is 1. The Bertz CT molecular complexity index is 682. The molecule has 2 aromatic rings. The fourth-order valence-corrected chi connectivity index (χ4v) is 3.24. The molecule has 126 valence electrons. The molecule has 1 amide bonds. The first-order valence-electron chi connectivity index (χ1n) is 8.37. The molecular weight excluding hydrogens is 302 g/mol. The summed E-state index contributed by atoms with van der Waals surface area (Å²) in [5, 5.41) is 10.5. The number of rotatable bonds is 4. The molecule has 1 atom stereocenters. The summed E-state index contributed by atoms with van der Waals surface area (Å²) in [5.74, 6) is 0.496. The van der Waals surface area contributed by atoms with Crippen molar-refractivity contribution in [2.45, 2.75) is 25.4 Å². The van der Waals surface area contributed by atoms with Crippen LogP contribution in [0.25, 0.3) is 0 Å². The fourth-order valence-electron chi connectivity index (χ4n) is 3.24. The van der Waals surface area contributed by atoms with Gasteiger partial charge in [0.05, 0.1) is 6.10 Å². The van der Waals surface area contributed by atoms with Crippen molar-refractivity contribution < 1.29 is 9.90 Å². The second-order valence-electron chi connectivity index (χ2n) is 6.33. The third-order valence-electron chi connectivity index (χ3n) is 4.65. The zero-order chi connectivity index (χ0) is 16.9. The molecule has 0 bridgehead atoms. The lowest BCUT2D eigenvalue weighted by Gasteiger charge is -2.34. The number of carbonyl (C=O) groups excluding carboxylic acids is 1. The number of aromatic nitrogens is 1. The predicted octanol–water partition coefficient (Wildman–Crippen LogP) is 2.12. The van der Waals surface area contributed by atoms with Crippen LogP contribution in [0.3, 0.4) is 0 Å². The molecule has 1 aromatic heterocycles. The van der Waals surface area contributed by atoms with Crippen molar-refractivity contribution >= 4 is 11.7 Å². The average molecular weight is 325 g/mol. The Morgan fingerprint density at radius 2 is 1.88 bits per heavy atom. The van der Waals surface area contributed by atoms with Crippen molar-refractivity contribution in [1.82, 2.24) is 9.88 Å². The lowest BCUT2D eigenvalue weighted by Crippen LogP contribution is -2.42. The van der Waals surface area contributed by atoms with E-state index in [1.165, 1.54) is 0 Å². The third-order valence-corrected chi connectivity index (χ3v) is 4.65. The van der Waals surface area contributed by atoms with Gasteiger partial charge in [0.15, 0.2) is 0 Å². The molecule has 0 aliphatic carbocycles. The van der Waals surface area contributed by atoms with Crippen LogP contribution < -0.4 is 5.73 Å². The van der Waals surface area contributed by atoms with Crippen molar-refractivity contribution in [2.24, 2.45) is 5.92 Å². The van der Waals surface area contributed by atoms with Gasteiger partial charge in [-0.2, -0.15) is 0 Å². The zero-order valence-electron chi connectivity index (χ0n) is 13.6. The number of anilines is 1. The van der Waals surface area contributed by atoms with Crippen LogP contribution >= 0.6 is 0 Å². The fraction of sp³-hybridized carbons (Fsp3) is 0.368. The first-order chi connectivity index (χ1) is 11.6. The first kappa shape index (κ1) is 16.5. The Balaban J connectivity index is 1.54. The van der Waals surface area contributed by atoms with Crippen molar-refractivity contribution in [3.8, 4) is 0 Å². The monoisotopic (exact) mass is 325 g/mol. The molecule has 0 spiro atoms. The third kappa shape index (κ3) is 3.92. The van der Waals surface area contributed by atoms with Crippen LogP contribution in [-0.2, 0) is 6.42 Å². The molecule has 5 heteroatoms. The minimum Gasteiger partial charge on any atom is -0.392 e. The Hall–Kier alpha value is -2.40. The zero-order valence-corrected chi connectivity index (χ0v) is 13.6. The van der Waals surface area contributed by atoms with E-state index >= 15 is 0 Å². The number of amides is 1. The Labute approximate surface area is 142 Å². The number of benzene rings is 1. The van der Waals surface area contributed by atoms with Gasteiger partial charge in [-0.25, -0.2) is 4.98 Å². The maximum atomic E-state index is 12.5. The van der Waals surface area contributed by atoms with Crippen molar-refractivity contribution in [2.75, 3.05) is 18.8 Å². The van der Waals surface area contributed by atoms with Gasteiger partial charge in [0, 0.05) is 13.1 Å². The molecule has 3 rings (SSSR count). The van der Waals surface area contributed by atoms with Gasteiger partial charge >= 0.3 is 0 Å². The van der Waals surface area contributed by atoms with Crippen LogP contribution in [0.1, 0.15) is 28.9 Å². The number of pyridine rings is 1. The highest BCUT2D eigenvalue weighted by atomic mass is 16.3. The lowest BCUT2D eigenvalue weighted by molar-refractivity contribution is 0.0464. The molecule has 0 radical (unpaired) electrons. The van der Waals surface area contributed by atoms with Gasteiger partial charge in [0.25, 0.3) is 5.91 Å². The molecule has 0 saturated carbocycles. The molecule has 1 aliphatic heterocycles. The predicted molar refractivity (Wildman–Crippen MR) is 93.4 cm³/mol. The summed E-state index contributed by atoms with van der Waals surface area (Å²) in [6.45, 7) is 1.29. The van der Waals surface area contributed by atoms with E-state index in [4.69, 9.17) is 5.73 Å². The first-order valence-corrected chi connectivity index (χ1v) is 8.37. The average Bonchev–Trinajstić information content (AvgIpc) is 2.62. The molecule has 1 aromatic carbocycles. The molecule has 1 fully saturated rings. The van der Waals surface area contributed by atoms with E-state index in [1.54, 1.807) is 23.1 Å². The van der Waals surface area contributed by atoms with Crippen LogP contribution in [0.15, 0.2) is 48.5 Å². The number of likely N-dealkylation sites (tertiary alicyclic amines) is 1. The number of aliphatic hydroxyl groups excluding tert-OH is 1. The molecule has 24 heavy (non-hydrogen) atoms. The molecule has 1 saturated heterocycles. The van der Waals surface area contributed by atoms with E-state index in [0.717, 1.165) is 18.4 Å². The summed E-state index contributed by atoms with van der Waals surface area (Å²) in [7, 11) is 0. The smallest absolute Gasteiger partial charge is 0.272 e. The van der Waals surface area contributed by atoms with E-state index in [2.05, 4.69) is 4.98 Å². The highest BCUT2D eigenvalue weighted by Gasteiger charge is 2.28. The maximum Gasteiger partial charge on any atom is 0.272 e. The van der Waals surface area contributed by atoms with Crippen LogP contribution in [-0.4, -0.2) is 40.1 Å². The van der Waals surface area contributed by atoms with Gasteiger partial charge in [-0.05, 0) is 42.9 Å². The number of nitrogen functional groups attached to an aromatic ring is 1. The Morgan fingerprint density at radius 3 is 2.54 bits per heavy atom. The second-order valence-corrected chi connectivity index (χ2v) is 6.33. The molecule has 2 heterocycles. The highest BCUT2D eigenvalue weighted by molar-refractivity contribution is 5.92. The van der Waals surface area contributed by atoms with E-state index in [9.17, 15) is 9.90 Å². The minimum absolute atomic E-state index is 0.0849. The number of hydrogen-bond donors (Lipinski definition) is 2. The maximum absolute atomic E-state index is 12.5. The summed E-state index contributed by atoms with van der Waals surface area (Å²) in [5.41, 5.74) is 7.18. The summed E-state index contributed by atoms with van der Waals surface area (Å²) in [6.07, 6.45) is 1.91. The number of nitrogens with zero attached hydrogens (tertiary/aromatic N) is 2. The van der Waals surface area contributed by atoms with E-state index in [1.807, 2.05) is 30.3 Å². The van der Waals surface area contributed by atoms with Gasteiger partial charge in [-0.15, -0.1) is 0 Å². The van der Waals surface area contributed by atoms with Crippen LogP contribution in [0.2, 0.25) is 0 Å². The van der Waals surface area contributed by atoms with Gasteiger partial charge in [-0.3, -0.25) is 4.79 Å². The number of aliphatic hydroxyl groups is 1. The normalized spacial score (nSPS) is 16.8. The van der Waals surface area contributed by atoms with Gasteiger partial charge in [-0.1, -0.05) is 36.4 Å². The SMILES string of the molecule is Nc1cccc(C(=O)N2CCC([C@@H](O)Cc3ccccc3)CC2)n1. The number of hydrogen-bond acceptors (Lipinski definition) is 4. The molecular formula is C19H23N3O2. The second kappa shape index (κ2) is 7.45. The topological polar surface area (TPSA) is 79.5 Å². The van der Waals surface area contributed by atoms with Crippen LogP contribution in [0, 0.1) is 5.92 Å². The Morgan fingerprint density at radius 1 is 1.17 bits per heavy atom. The molecule has 3 N–H and O–H groups in total. The van der Waals surface area contributed by atoms with E-state index < -0.39 is 0 Å². The van der Waals surface area contributed by atoms with Crippen LogP contribution in [0.4, 0.5) is 5.82 Å². The highest BCUT2D eigenvalue weighted by Crippen LogP contribution is 2.24. The van der Waals surface area contributed by atoms with Crippen molar-refractivity contribution in [3.63, 3.8) is 0 Å². The van der Waals surface area contributed by atoms with E-state index in [0.29, 0.717) is 31.0 Å². The Kier molecular flexibility index (Phi) is 5.11. The molecule has 0 unspecified atom stereocenters. The largest absolute Gasteiger partial charge is 0.392 e. The van der Waals surface area contributed by atoms with E-state index in [-0.39, 0.29) is 17.9 Å². The molecule has 5 nitrogen and oxygen atoms in total. The van der Waals surface area contributed by atoms with Gasteiger partial charge < -0.3 is 15.7 Å². The minimum atomic E-state index is -0.366. The quantitative estimate of drug-likeness (QED) is 0.902. The van der Waals surface area contributed by atoms with Crippen LogP contribution in [0.5, 0.6) is 0 Å². The summed E-state index contributed by atoms with van der Waals surface area (Å²) >= 11 is 0. The number of carbonyl (C=O) groups is 1. The van der Waals surface area contributed by atoms with Crippen molar-refractivity contribution in [3.05, 3.63) is 59.8 Å². The van der Waals surface area contributed by atoms with Gasteiger partial charge in [0.2, 0.25) is 0 Å². The van der Waals surface area contributed by atoms with Gasteiger partial charge in [0.1, 0.15) is 11.5 Å². The summed E-state index contributed by atoms with van der Waals surface area (Å²) in [6, 6.07) is 15.1. The number of nitrogens with two attached hydrogens (primary N) is 1.